The second kappa shape index (κ2) is 5.57. The van der Waals surface area contributed by atoms with E-state index in [9.17, 15) is 5.11 Å². The van der Waals surface area contributed by atoms with Crippen molar-refractivity contribution in [2.75, 3.05) is 0 Å². The Hall–Kier alpha value is -0.980. The monoisotopic (exact) mass is 267 g/mol. The molecule has 4 nitrogen and oxygen atoms in total. The van der Waals surface area contributed by atoms with Gasteiger partial charge in [-0.15, -0.1) is 0 Å². The van der Waals surface area contributed by atoms with Gasteiger partial charge in [-0.2, -0.15) is 4.37 Å². The Morgan fingerprint density at radius 3 is 2.82 bits per heavy atom. The molecule has 0 amide bonds. The van der Waals surface area contributed by atoms with Crippen LogP contribution in [0.4, 0.5) is 0 Å². The average Bonchev–Trinajstić information content (AvgIpc) is 2.77. The van der Waals surface area contributed by atoms with Gasteiger partial charge in [-0.3, -0.25) is 4.98 Å². The molecular formula is C11H13N3OS2. The Kier molecular flexibility index (Phi) is 4.09. The molecule has 0 spiro atoms. The molecule has 0 radical (unpaired) electrons. The van der Waals surface area contributed by atoms with Crippen LogP contribution in [0.2, 0.25) is 0 Å². The summed E-state index contributed by atoms with van der Waals surface area (Å²) in [5.41, 5.74) is 0.681. The average molecular weight is 267 g/mol. The second-order valence-corrected chi connectivity index (χ2v) is 5.60. The summed E-state index contributed by atoms with van der Waals surface area (Å²) in [6, 6.07) is 3.77. The first kappa shape index (κ1) is 12.5. The molecule has 0 bridgehead atoms. The first-order valence-electron chi connectivity index (χ1n) is 5.33. The molecule has 6 heteroatoms. The lowest BCUT2D eigenvalue weighted by Gasteiger charge is -2.03. The summed E-state index contributed by atoms with van der Waals surface area (Å²) < 4.78 is 5.15. The lowest BCUT2D eigenvalue weighted by atomic mass is 10.2. The van der Waals surface area contributed by atoms with Crippen molar-refractivity contribution in [2.24, 2.45) is 0 Å². The number of pyridine rings is 1. The molecule has 17 heavy (non-hydrogen) atoms. The summed E-state index contributed by atoms with van der Waals surface area (Å²) in [5, 5.41) is 9.35. The van der Waals surface area contributed by atoms with Crippen LogP contribution in [-0.4, -0.2) is 19.4 Å². The third-order valence-corrected chi connectivity index (χ3v) is 3.92. The predicted molar refractivity (Wildman–Crippen MR) is 68.3 cm³/mol. The van der Waals surface area contributed by atoms with E-state index in [4.69, 9.17) is 0 Å². The number of aliphatic hydroxyl groups is 1. The van der Waals surface area contributed by atoms with Crippen LogP contribution in [0.5, 0.6) is 0 Å². The van der Waals surface area contributed by atoms with Crippen molar-refractivity contribution in [3.63, 3.8) is 0 Å². The molecule has 0 saturated heterocycles. The molecule has 2 heterocycles. The third kappa shape index (κ3) is 3.24. The molecule has 90 valence electrons. The zero-order chi connectivity index (χ0) is 12.3. The maximum atomic E-state index is 9.35. The Bertz CT molecular complexity index is 482. The van der Waals surface area contributed by atoms with Gasteiger partial charge in [0, 0.05) is 17.5 Å². The van der Waals surface area contributed by atoms with Crippen molar-refractivity contribution < 1.29 is 5.11 Å². The summed E-state index contributed by atoms with van der Waals surface area (Å²) in [7, 11) is 0. The summed E-state index contributed by atoms with van der Waals surface area (Å²) in [4.78, 5) is 9.57. The summed E-state index contributed by atoms with van der Waals surface area (Å²) >= 11 is 2.95. The number of rotatable bonds is 4. The molecule has 0 aliphatic carbocycles. The van der Waals surface area contributed by atoms with Crippen LogP contribution in [0.25, 0.3) is 0 Å². The number of hydrogen-bond donors (Lipinski definition) is 1. The second-order valence-electron chi connectivity index (χ2n) is 3.53. The number of hydrogen-bond acceptors (Lipinski definition) is 6. The van der Waals surface area contributed by atoms with Gasteiger partial charge in [0.1, 0.15) is 5.82 Å². The maximum absolute atomic E-state index is 9.35. The SMILES string of the molecule is CCc1nsc(Sc2ccc(C(C)O)nc2)n1. The smallest absolute Gasteiger partial charge is 0.174 e. The largest absolute Gasteiger partial charge is 0.387 e. The van der Waals surface area contributed by atoms with Gasteiger partial charge in [-0.25, -0.2) is 4.98 Å². The van der Waals surface area contributed by atoms with E-state index in [2.05, 4.69) is 14.3 Å². The quantitative estimate of drug-likeness (QED) is 0.923. The van der Waals surface area contributed by atoms with Gasteiger partial charge in [-0.05, 0) is 30.6 Å². The van der Waals surface area contributed by atoms with Crippen molar-refractivity contribution in [2.45, 2.75) is 35.6 Å². The zero-order valence-corrected chi connectivity index (χ0v) is 11.3. The van der Waals surface area contributed by atoms with Crippen LogP contribution < -0.4 is 0 Å². The summed E-state index contributed by atoms with van der Waals surface area (Å²) in [6.07, 6.45) is 2.08. The van der Waals surface area contributed by atoms with Crippen molar-refractivity contribution in [1.29, 1.82) is 0 Å². The fraction of sp³-hybridized carbons (Fsp3) is 0.364. The van der Waals surface area contributed by atoms with E-state index in [0.717, 1.165) is 21.5 Å². The van der Waals surface area contributed by atoms with E-state index in [0.29, 0.717) is 5.69 Å². The molecule has 2 rings (SSSR count). The van der Waals surface area contributed by atoms with Gasteiger partial charge in [0.25, 0.3) is 0 Å². The summed E-state index contributed by atoms with van der Waals surface area (Å²) in [5.74, 6) is 0.881. The predicted octanol–water partition coefficient (Wildman–Crippen LogP) is 2.70. The van der Waals surface area contributed by atoms with E-state index < -0.39 is 6.10 Å². The van der Waals surface area contributed by atoms with E-state index in [-0.39, 0.29) is 0 Å². The fourth-order valence-electron chi connectivity index (χ4n) is 1.22. The number of nitrogens with zero attached hydrogens (tertiary/aromatic N) is 3. The van der Waals surface area contributed by atoms with Crippen molar-refractivity contribution in [1.82, 2.24) is 14.3 Å². The van der Waals surface area contributed by atoms with E-state index in [1.165, 1.54) is 11.5 Å². The highest BCUT2D eigenvalue weighted by Crippen LogP contribution is 2.28. The zero-order valence-electron chi connectivity index (χ0n) is 9.62. The Labute approximate surface area is 108 Å². The van der Waals surface area contributed by atoms with Crippen LogP contribution >= 0.6 is 23.3 Å². The van der Waals surface area contributed by atoms with Crippen molar-refractivity contribution >= 4 is 23.3 Å². The lowest BCUT2D eigenvalue weighted by molar-refractivity contribution is 0.194. The molecular weight excluding hydrogens is 254 g/mol. The highest BCUT2D eigenvalue weighted by atomic mass is 32.2. The highest BCUT2D eigenvalue weighted by molar-refractivity contribution is 8.01. The molecule has 0 fully saturated rings. The molecule has 0 aliphatic rings. The van der Waals surface area contributed by atoms with Crippen LogP contribution in [0.15, 0.2) is 27.6 Å². The van der Waals surface area contributed by atoms with Crippen molar-refractivity contribution in [3.8, 4) is 0 Å². The van der Waals surface area contributed by atoms with Crippen LogP contribution in [0.3, 0.4) is 0 Å². The lowest BCUT2D eigenvalue weighted by Crippen LogP contribution is -1.94. The minimum absolute atomic E-state index is 0.526. The minimum atomic E-state index is -0.526. The molecule has 1 N–H and O–H groups in total. The first-order chi connectivity index (χ1) is 8.19. The molecule has 0 aliphatic heterocycles. The van der Waals surface area contributed by atoms with Gasteiger partial charge in [0.2, 0.25) is 0 Å². The molecule has 0 saturated carbocycles. The van der Waals surface area contributed by atoms with E-state index >= 15 is 0 Å². The number of aliphatic hydroxyl groups excluding tert-OH is 1. The molecule has 2 aromatic rings. The highest BCUT2D eigenvalue weighted by Gasteiger charge is 2.06. The fourth-order valence-corrected chi connectivity index (χ4v) is 2.87. The normalized spacial score (nSPS) is 12.6. The molecule has 2 aromatic heterocycles. The third-order valence-electron chi connectivity index (χ3n) is 2.16. The van der Waals surface area contributed by atoms with Crippen LogP contribution in [0, 0.1) is 0 Å². The molecule has 0 aromatic carbocycles. The van der Waals surface area contributed by atoms with Crippen LogP contribution in [-0.2, 0) is 6.42 Å². The number of aryl methyl sites for hydroxylation is 1. The van der Waals surface area contributed by atoms with Gasteiger partial charge >= 0.3 is 0 Å². The Morgan fingerprint density at radius 1 is 1.47 bits per heavy atom. The van der Waals surface area contributed by atoms with Gasteiger partial charge in [0.15, 0.2) is 4.34 Å². The Morgan fingerprint density at radius 2 is 2.29 bits per heavy atom. The standard InChI is InChI=1S/C11H13N3OS2/c1-3-10-13-11(17-14-10)16-8-4-5-9(7(2)15)12-6-8/h4-7,15H,3H2,1-2H3. The van der Waals surface area contributed by atoms with Gasteiger partial charge in [0.05, 0.1) is 11.8 Å². The number of aromatic nitrogens is 3. The minimum Gasteiger partial charge on any atom is -0.387 e. The molecule has 1 unspecified atom stereocenters. The first-order valence-corrected chi connectivity index (χ1v) is 6.92. The summed E-state index contributed by atoms with van der Waals surface area (Å²) in [6.45, 7) is 3.74. The van der Waals surface area contributed by atoms with Crippen LogP contribution in [0.1, 0.15) is 31.5 Å². The molecule has 1 atom stereocenters. The van der Waals surface area contributed by atoms with E-state index in [1.54, 1.807) is 24.9 Å². The van der Waals surface area contributed by atoms with Gasteiger partial charge < -0.3 is 5.11 Å². The van der Waals surface area contributed by atoms with Gasteiger partial charge in [-0.1, -0.05) is 18.7 Å². The maximum Gasteiger partial charge on any atom is 0.174 e. The Balaban J connectivity index is 2.08. The topological polar surface area (TPSA) is 58.9 Å². The van der Waals surface area contributed by atoms with E-state index in [1.807, 2.05) is 19.1 Å². The van der Waals surface area contributed by atoms with Crippen molar-refractivity contribution in [3.05, 3.63) is 29.8 Å².